The Labute approximate surface area is 138 Å². The highest BCUT2D eigenvalue weighted by molar-refractivity contribution is 5.83. The molecule has 0 bridgehead atoms. The number of hydrogen-bond acceptors (Lipinski definition) is 4. The van der Waals surface area contributed by atoms with Crippen LogP contribution in [-0.2, 0) is 7.05 Å². The Hall–Kier alpha value is -3.33. The van der Waals surface area contributed by atoms with Crippen LogP contribution in [0.5, 0.6) is 5.75 Å². The van der Waals surface area contributed by atoms with Crippen LogP contribution in [-0.4, -0.2) is 19.2 Å². The Kier molecular flexibility index (Phi) is 3.21. The van der Waals surface area contributed by atoms with Gasteiger partial charge in [-0.3, -0.25) is 4.98 Å². The molecular weight excluding hydrogens is 302 g/mol. The third kappa shape index (κ3) is 2.10. The molecule has 0 N–H and O–H groups in total. The van der Waals surface area contributed by atoms with E-state index in [1.54, 1.807) is 16.9 Å². The molecule has 6 nitrogen and oxygen atoms in total. The molecule has 0 aliphatic heterocycles. The van der Waals surface area contributed by atoms with E-state index in [1.165, 1.54) is 0 Å². The predicted octanol–water partition coefficient (Wildman–Crippen LogP) is 3.23. The first-order chi connectivity index (χ1) is 11.7. The fraction of sp³-hybridized carbons (Fsp3) is 0.167. The van der Waals surface area contributed by atoms with Crippen molar-refractivity contribution in [3.63, 3.8) is 0 Å². The first kappa shape index (κ1) is 14.3. The monoisotopic (exact) mass is 317 g/mol. The van der Waals surface area contributed by atoms with Crippen molar-refractivity contribution in [1.82, 2.24) is 19.2 Å². The third-order valence-electron chi connectivity index (χ3n) is 4.21. The molecule has 6 heteroatoms. The molecule has 0 amide bonds. The van der Waals surface area contributed by atoms with Gasteiger partial charge in [0, 0.05) is 36.6 Å². The molecule has 1 unspecified atom stereocenters. The molecule has 0 aromatic carbocycles. The summed E-state index contributed by atoms with van der Waals surface area (Å²) in [5.74, 6) is 0.631. The Morgan fingerprint density at radius 2 is 2.08 bits per heavy atom. The molecule has 0 saturated carbocycles. The van der Waals surface area contributed by atoms with Crippen molar-refractivity contribution in [2.45, 2.75) is 13.0 Å². The maximum absolute atomic E-state index is 9.27. The molecule has 4 rings (SSSR count). The third-order valence-corrected chi connectivity index (χ3v) is 4.21. The van der Waals surface area contributed by atoms with Gasteiger partial charge in [-0.15, -0.1) is 0 Å². The van der Waals surface area contributed by atoms with Gasteiger partial charge in [-0.1, -0.05) is 0 Å². The van der Waals surface area contributed by atoms with E-state index < -0.39 is 0 Å². The summed E-state index contributed by atoms with van der Waals surface area (Å²) in [5.41, 5.74) is 3.24. The van der Waals surface area contributed by atoms with Crippen LogP contribution in [0.4, 0.5) is 0 Å². The Morgan fingerprint density at radius 1 is 1.21 bits per heavy atom. The van der Waals surface area contributed by atoms with Gasteiger partial charge < -0.3 is 9.30 Å². The second-order valence-electron chi connectivity index (χ2n) is 5.68. The predicted molar refractivity (Wildman–Crippen MR) is 89.7 cm³/mol. The molecule has 4 aromatic heterocycles. The van der Waals surface area contributed by atoms with Crippen LogP contribution < -0.4 is 4.74 Å². The van der Waals surface area contributed by atoms with Crippen molar-refractivity contribution in [1.29, 1.82) is 5.26 Å². The number of pyridine rings is 2. The molecule has 0 aliphatic rings. The maximum Gasteiger partial charge on any atom is 0.147 e. The van der Waals surface area contributed by atoms with E-state index in [0.29, 0.717) is 16.8 Å². The zero-order valence-electron chi connectivity index (χ0n) is 13.3. The van der Waals surface area contributed by atoms with Crippen LogP contribution >= 0.6 is 0 Å². The van der Waals surface area contributed by atoms with E-state index in [0.717, 1.165) is 16.5 Å². The normalized spacial score (nSPS) is 12.4. The highest BCUT2D eigenvalue weighted by Gasteiger charge is 2.16. The highest BCUT2D eigenvalue weighted by Crippen LogP contribution is 2.30. The van der Waals surface area contributed by atoms with Crippen LogP contribution in [0.3, 0.4) is 0 Å². The van der Waals surface area contributed by atoms with Gasteiger partial charge in [-0.2, -0.15) is 10.4 Å². The molecule has 0 saturated heterocycles. The zero-order valence-corrected chi connectivity index (χ0v) is 13.3. The fourth-order valence-electron chi connectivity index (χ4n) is 2.97. The average Bonchev–Trinajstić information content (AvgIpc) is 3.19. The summed E-state index contributed by atoms with van der Waals surface area (Å²) in [7, 11) is 1.99. The van der Waals surface area contributed by atoms with Crippen molar-refractivity contribution < 1.29 is 4.74 Å². The number of aryl methyl sites for hydroxylation is 1. The summed E-state index contributed by atoms with van der Waals surface area (Å²) in [4.78, 5) is 4.32. The summed E-state index contributed by atoms with van der Waals surface area (Å²) in [5, 5.41) is 14.6. The first-order valence-corrected chi connectivity index (χ1v) is 7.61. The minimum Gasteiger partial charge on any atom is -0.484 e. The van der Waals surface area contributed by atoms with Crippen molar-refractivity contribution in [3.05, 3.63) is 60.3 Å². The molecule has 1 atom stereocenters. The van der Waals surface area contributed by atoms with E-state index >= 15 is 0 Å². The van der Waals surface area contributed by atoms with Gasteiger partial charge in [0.05, 0.1) is 17.9 Å². The highest BCUT2D eigenvalue weighted by atomic mass is 16.5. The first-order valence-electron chi connectivity index (χ1n) is 7.61. The second-order valence-corrected chi connectivity index (χ2v) is 5.68. The van der Waals surface area contributed by atoms with Gasteiger partial charge in [0.2, 0.25) is 0 Å². The van der Waals surface area contributed by atoms with E-state index in [-0.39, 0.29) is 6.10 Å². The number of aromatic nitrogens is 4. The second kappa shape index (κ2) is 5.39. The molecule has 4 heterocycles. The molecule has 0 radical (unpaired) electrons. The topological polar surface area (TPSA) is 68.1 Å². The number of fused-ring (bicyclic) bond motifs is 2. The van der Waals surface area contributed by atoms with E-state index in [4.69, 9.17) is 4.74 Å². The van der Waals surface area contributed by atoms with Gasteiger partial charge in [0.1, 0.15) is 29.0 Å². The van der Waals surface area contributed by atoms with Crippen LogP contribution in [0.1, 0.15) is 24.2 Å². The van der Waals surface area contributed by atoms with Gasteiger partial charge >= 0.3 is 0 Å². The molecule has 0 spiro atoms. The lowest BCUT2D eigenvalue weighted by Gasteiger charge is -2.16. The quantitative estimate of drug-likeness (QED) is 0.582. The fourth-order valence-corrected chi connectivity index (χ4v) is 2.97. The summed E-state index contributed by atoms with van der Waals surface area (Å²) in [6, 6.07) is 7.92. The van der Waals surface area contributed by atoms with Gasteiger partial charge in [0.25, 0.3) is 0 Å². The zero-order chi connectivity index (χ0) is 16.7. The van der Waals surface area contributed by atoms with Crippen LogP contribution in [0.2, 0.25) is 0 Å². The van der Waals surface area contributed by atoms with Crippen molar-refractivity contribution >= 4 is 16.4 Å². The van der Waals surface area contributed by atoms with Gasteiger partial charge in [0.15, 0.2) is 0 Å². The molecule has 0 aliphatic carbocycles. The number of hydrogen-bond donors (Lipinski definition) is 0. The number of ether oxygens (including phenoxy) is 1. The lowest BCUT2D eigenvalue weighted by atomic mass is 10.1. The minimum atomic E-state index is -0.212. The molecule has 118 valence electrons. The summed E-state index contributed by atoms with van der Waals surface area (Å²) in [6.07, 6.45) is 8.82. The van der Waals surface area contributed by atoms with Crippen LogP contribution in [0.15, 0.2) is 49.2 Å². The summed E-state index contributed by atoms with van der Waals surface area (Å²) in [6.45, 7) is 1.98. The van der Waals surface area contributed by atoms with Crippen molar-refractivity contribution in [3.8, 4) is 11.8 Å². The SMILES string of the molecule is CC(Oc1cccn2ncc(C#N)c12)c1cncc2c1ccn2C. The number of rotatable bonds is 3. The van der Waals surface area contributed by atoms with Crippen molar-refractivity contribution in [2.75, 3.05) is 0 Å². The maximum atomic E-state index is 9.27. The Bertz CT molecular complexity index is 1090. The van der Waals surface area contributed by atoms with Crippen LogP contribution in [0, 0.1) is 11.3 Å². The Balaban J connectivity index is 1.78. The Morgan fingerprint density at radius 3 is 2.92 bits per heavy atom. The molecule has 24 heavy (non-hydrogen) atoms. The van der Waals surface area contributed by atoms with E-state index in [2.05, 4.69) is 22.2 Å². The molecular formula is C18H15N5O. The molecule has 0 fully saturated rings. The van der Waals surface area contributed by atoms with Crippen LogP contribution in [0.25, 0.3) is 16.4 Å². The van der Waals surface area contributed by atoms with E-state index in [9.17, 15) is 5.26 Å². The molecule has 4 aromatic rings. The largest absolute Gasteiger partial charge is 0.484 e. The smallest absolute Gasteiger partial charge is 0.147 e. The van der Waals surface area contributed by atoms with Gasteiger partial charge in [-0.05, 0) is 25.1 Å². The van der Waals surface area contributed by atoms with Gasteiger partial charge in [-0.25, -0.2) is 4.52 Å². The summed E-state index contributed by atoms with van der Waals surface area (Å²) < 4.78 is 9.86. The number of nitrogens with zero attached hydrogens (tertiary/aromatic N) is 5. The average molecular weight is 317 g/mol. The lowest BCUT2D eigenvalue weighted by molar-refractivity contribution is 0.230. The van der Waals surface area contributed by atoms with E-state index in [1.807, 2.05) is 49.3 Å². The number of nitriles is 1. The minimum absolute atomic E-state index is 0.212. The standard InChI is InChI=1S/C18H15N5O/c1-12(15-10-20-11-16-14(15)5-7-22(16)2)24-17-4-3-6-23-18(17)13(8-19)9-21-23/h3-7,9-12H,1-2H3. The summed E-state index contributed by atoms with van der Waals surface area (Å²) >= 11 is 0. The van der Waals surface area contributed by atoms with Crippen molar-refractivity contribution in [2.24, 2.45) is 7.05 Å². The lowest BCUT2D eigenvalue weighted by Crippen LogP contribution is -2.05.